The maximum absolute atomic E-state index is 12.1. The fraction of sp³-hybridized carbons (Fsp3) is 0.438. The van der Waals surface area contributed by atoms with Gasteiger partial charge in [0.1, 0.15) is 24.4 Å². The molecular weight excluding hydrogens is 272 g/mol. The van der Waals surface area contributed by atoms with E-state index in [0.29, 0.717) is 5.56 Å². The van der Waals surface area contributed by atoms with E-state index in [0.717, 1.165) is 0 Å². The van der Waals surface area contributed by atoms with Crippen LogP contribution in [-0.2, 0) is 14.2 Å². The number of hydrogen-bond acceptors (Lipinski definition) is 5. The van der Waals surface area contributed by atoms with Crippen molar-refractivity contribution in [2.45, 2.75) is 44.1 Å². The van der Waals surface area contributed by atoms with Crippen molar-refractivity contribution >= 4 is 5.97 Å². The van der Waals surface area contributed by atoms with Gasteiger partial charge in [-0.05, 0) is 32.1 Å². The van der Waals surface area contributed by atoms with Crippen LogP contribution in [0.25, 0.3) is 0 Å². The summed E-state index contributed by atoms with van der Waals surface area (Å²) in [5.41, 5.74) is 0.478. The summed E-state index contributed by atoms with van der Waals surface area (Å²) in [5, 5.41) is 9.95. The number of aliphatic hydroxyl groups is 1. The molecule has 0 spiro atoms. The molecule has 3 rings (SSSR count). The number of fused-ring (bicyclic) bond motifs is 1. The van der Waals surface area contributed by atoms with Crippen molar-refractivity contribution in [3.8, 4) is 0 Å². The molecule has 0 saturated carbocycles. The first-order valence-electron chi connectivity index (χ1n) is 6.94. The minimum absolute atomic E-state index is 0.423. The number of hydrogen-bond donors (Lipinski definition) is 1. The Hall–Kier alpha value is -1.69. The van der Waals surface area contributed by atoms with Crippen molar-refractivity contribution in [1.82, 2.24) is 0 Å². The predicted octanol–water partition coefficient (Wildman–Crippen LogP) is 1.66. The lowest BCUT2D eigenvalue weighted by molar-refractivity contribution is -0.156. The molecule has 112 valence electrons. The Balaban J connectivity index is 1.76. The summed E-state index contributed by atoms with van der Waals surface area (Å²) in [6.07, 6.45) is 0.856. The molecule has 0 radical (unpaired) electrons. The highest BCUT2D eigenvalue weighted by Gasteiger charge is 2.50. The van der Waals surface area contributed by atoms with Crippen molar-refractivity contribution in [3.63, 3.8) is 0 Å². The highest BCUT2D eigenvalue weighted by Crippen LogP contribution is 2.35. The smallest absolute Gasteiger partial charge is 0.338 e. The van der Waals surface area contributed by atoms with Gasteiger partial charge in [-0.3, -0.25) is 0 Å². The third-order valence-corrected chi connectivity index (χ3v) is 3.57. The molecule has 1 N–H and O–H groups in total. The maximum atomic E-state index is 12.1. The van der Waals surface area contributed by atoms with Crippen LogP contribution in [0, 0.1) is 0 Å². The van der Waals surface area contributed by atoms with E-state index in [2.05, 4.69) is 0 Å². The number of aliphatic hydroxyl groups excluding tert-OH is 1. The van der Waals surface area contributed by atoms with E-state index in [-0.39, 0.29) is 0 Å². The predicted molar refractivity (Wildman–Crippen MR) is 74.6 cm³/mol. The molecule has 1 saturated heterocycles. The van der Waals surface area contributed by atoms with Gasteiger partial charge in [0.15, 0.2) is 5.79 Å². The minimum atomic E-state index is -0.806. The monoisotopic (exact) mass is 290 g/mol. The summed E-state index contributed by atoms with van der Waals surface area (Å²) >= 11 is 0. The van der Waals surface area contributed by atoms with Gasteiger partial charge < -0.3 is 19.3 Å². The molecule has 0 unspecified atom stereocenters. The van der Waals surface area contributed by atoms with Crippen molar-refractivity contribution in [2.24, 2.45) is 0 Å². The van der Waals surface area contributed by atoms with Crippen molar-refractivity contribution in [2.75, 3.05) is 0 Å². The zero-order chi connectivity index (χ0) is 15.0. The number of esters is 1. The van der Waals surface area contributed by atoms with E-state index >= 15 is 0 Å². The number of carbonyl (C=O) groups excluding carboxylic acids is 1. The average molecular weight is 290 g/mol. The molecule has 1 aromatic rings. The molecule has 2 aliphatic rings. The van der Waals surface area contributed by atoms with Crippen LogP contribution in [0.2, 0.25) is 0 Å². The molecule has 1 fully saturated rings. The molecule has 1 aliphatic carbocycles. The lowest BCUT2D eigenvalue weighted by atomic mass is 9.96. The summed E-state index contributed by atoms with van der Waals surface area (Å²) in [4.78, 5) is 12.1. The highest BCUT2D eigenvalue weighted by atomic mass is 16.8. The van der Waals surface area contributed by atoms with Gasteiger partial charge in [0, 0.05) is 0 Å². The van der Waals surface area contributed by atoms with Crippen molar-refractivity contribution < 1.29 is 24.1 Å². The molecule has 0 bridgehead atoms. The molecule has 0 aromatic heterocycles. The second-order valence-electron chi connectivity index (χ2n) is 5.68. The standard InChI is InChI=1S/C16H18O5/c1-16(2)20-13-11(17)8-9-12(14(13)21-16)19-15(18)10-6-4-3-5-7-10/h3-9,11-14,17H,1-2H3/t11-,12-,13-,14+/m1/s1. The Labute approximate surface area is 123 Å². The van der Waals surface area contributed by atoms with Crippen LogP contribution in [0.4, 0.5) is 0 Å². The van der Waals surface area contributed by atoms with Gasteiger partial charge in [0.2, 0.25) is 0 Å². The van der Waals surface area contributed by atoms with Crippen molar-refractivity contribution in [3.05, 3.63) is 48.0 Å². The first-order chi connectivity index (χ1) is 9.96. The van der Waals surface area contributed by atoms with E-state index in [1.807, 2.05) is 6.07 Å². The fourth-order valence-corrected chi connectivity index (χ4v) is 2.65. The Morgan fingerprint density at radius 2 is 1.81 bits per heavy atom. The third-order valence-electron chi connectivity index (χ3n) is 3.57. The summed E-state index contributed by atoms with van der Waals surface area (Å²) < 4.78 is 16.9. The van der Waals surface area contributed by atoms with Gasteiger partial charge in [-0.15, -0.1) is 0 Å². The number of carbonyl (C=O) groups is 1. The molecule has 21 heavy (non-hydrogen) atoms. The molecule has 0 amide bonds. The van der Waals surface area contributed by atoms with E-state index in [1.54, 1.807) is 50.3 Å². The molecule has 5 nitrogen and oxygen atoms in total. The largest absolute Gasteiger partial charge is 0.452 e. The van der Waals surface area contributed by atoms with Crippen LogP contribution in [0.5, 0.6) is 0 Å². The molecule has 1 heterocycles. The Morgan fingerprint density at radius 1 is 1.14 bits per heavy atom. The summed E-state index contributed by atoms with van der Waals surface area (Å²) in [7, 11) is 0. The zero-order valence-electron chi connectivity index (χ0n) is 11.9. The van der Waals surface area contributed by atoms with Gasteiger partial charge in [-0.1, -0.05) is 24.3 Å². The van der Waals surface area contributed by atoms with Crippen LogP contribution >= 0.6 is 0 Å². The SMILES string of the molecule is CC1(C)O[C@@H]2[C@H](O1)[C@H](O)C=C[C@H]2OC(=O)c1ccccc1. The first-order valence-corrected chi connectivity index (χ1v) is 6.94. The number of rotatable bonds is 2. The summed E-state index contributed by atoms with van der Waals surface area (Å²) in [6, 6.07) is 8.77. The van der Waals surface area contributed by atoms with Crippen LogP contribution < -0.4 is 0 Å². The third kappa shape index (κ3) is 2.85. The topological polar surface area (TPSA) is 65.0 Å². The van der Waals surface area contributed by atoms with Crippen LogP contribution in [0.3, 0.4) is 0 Å². The second kappa shape index (κ2) is 5.26. The number of benzene rings is 1. The Morgan fingerprint density at radius 3 is 2.52 bits per heavy atom. The summed E-state index contributed by atoms with van der Waals surface area (Å²) in [6.45, 7) is 3.54. The van der Waals surface area contributed by atoms with Gasteiger partial charge in [0.25, 0.3) is 0 Å². The average Bonchev–Trinajstić information content (AvgIpc) is 2.79. The fourth-order valence-electron chi connectivity index (χ4n) is 2.65. The molecular formula is C16H18O5. The van der Waals surface area contributed by atoms with E-state index in [4.69, 9.17) is 14.2 Å². The van der Waals surface area contributed by atoms with Crippen LogP contribution in [-0.4, -0.2) is 41.3 Å². The van der Waals surface area contributed by atoms with E-state index < -0.39 is 36.2 Å². The van der Waals surface area contributed by atoms with E-state index in [9.17, 15) is 9.90 Å². The maximum Gasteiger partial charge on any atom is 0.338 e. The van der Waals surface area contributed by atoms with Crippen LogP contribution in [0.15, 0.2) is 42.5 Å². The molecule has 1 aromatic carbocycles. The normalized spacial score (nSPS) is 33.5. The lowest BCUT2D eigenvalue weighted by Crippen LogP contribution is -2.46. The molecule has 5 heteroatoms. The van der Waals surface area contributed by atoms with Crippen LogP contribution in [0.1, 0.15) is 24.2 Å². The minimum Gasteiger partial charge on any atom is -0.452 e. The highest BCUT2D eigenvalue weighted by molar-refractivity contribution is 5.89. The quantitative estimate of drug-likeness (QED) is 0.663. The lowest BCUT2D eigenvalue weighted by Gasteiger charge is -2.29. The summed E-state index contributed by atoms with van der Waals surface area (Å²) in [5.74, 6) is -1.23. The van der Waals surface area contributed by atoms with Gasteiger partial charge in [0.05, 0.1) is 5.56 Å². The Kier molecular flexibility index (Phi) is 3.57. The van der Waals surface area contributed by atoms with E-state index in [1.165, 1.54) is 0 Å². The van der Waals surface area contributed by atoms with Gasteiger partial charge in [-0.25, -0.2) is 4.79 Å². The first kappa shape index (κ1) is 14.3. The van der Waals surface area contributed by atoms with Crippen molar-refractivity contribution in [1.29, 1.82) is 0 Å². The van der Waals surface area contributed by atoms with Gasteiger partial charge >= 0.3 is 5.97 Å². The second-order valence-corrected chi connectivity index (χ2v) is 5.68. The molecule has 4 atom stereocenters. The number of ether oxygens (including phenoxy) is 3. The zero-order valence-corrected chi connectivity index (χ0v) is 11.9. The molecule has 1 aliphatic heterocycles. The Bertz CT molecular complexity index is 551. The van der Waals surface area contributed by atoms with Gasteiger partial charge in [-0.2, -0.15) is 0 Å².